The Bertz CT molecular complexity index is 565. The van der Waals surface area contributed by atoms with Gasteiger partial charge in [0.1, 0.15) is 17.2 Å². The molecule has 2 N–H and O–H groups in total. The van der Waals surface area contributed by atoms with Crippen LogP contribution in [0.3, 0.4) is 0 Å². The highest BCUT2D eigenvalue weighted by Gasteiger charge is 2.08. The second-order valence-electron chi connectivity index (χ2n) is 4.27. The van der Waals surface area contributed by atoms with Crippen molar-refractivity contribution >= 4 is 5.91 Å². The Morgan fingerprint density at radius 2 is 2.10 bits per heavy atom. The summed E-state index contributed by atoms with van der Waals surface area (Å²) in [7, 11) is 3.25. The molecule has 0 saturated heterocycles. The first-order chi connectivity index (χ1) is 9.74. The molecule has 0 aliphatic carbocycles. The smallest absolute Gasteiger partial charge is 0.267 e. The summed E-state index contributed by atoms with van der Waals surface area (Å²) in [5.41, 5.74) is 1.56. The van der Waals surface area contributed by atoms with E-state index in [1.165, 1.54) is 0 Å². The summed E-state index contributed by atoms with van der Waals surface area (Å²) in [5, 5.41) is 2.86. The van der Waals surface area contributed by atoms with Crippen LogP contribution in [0.4, 0.5) is 0 Å². The van der Waals surface area contributed by atoms with Crippen LogP contribution >= 0.6 is 0 Å². The van der Waals surface area contributed by atoms with Crippen LogP contribution in [-0.4, -0.2) is 31.7 Å². The maximum atomic E-state index is 11.8. The van der Waals surface area contributed by atoms with Gasteiger partial charge in [-0.25, -0.2) is 0 Å². The number of hydrogen-bond acceptors (Lipinski definition) is 3. The van der Waals surface area contributed by atoms with Crippen molar-refractivity contribution in [3.8, 4) is 11.5 Å². The fourth-order valence-corrected chi connectivity index (χ4v) is 1.95. The molecule has 0 unspecified atom stereocenters. The number of carbonyl (C=O) groups excluding carboxylic acids is 1. The van der Waals surface area contributed by atoms with Crippen molar-refractivity contribution in [2.24, 2.45) is 0 Å². The molecule has 0 atom stereocenters. The number of H-pyrrole nitrogens is 1. The van der Waals surface area contributed by atoms with Crippen LogP contribution < -0.4 is 14.8 Å². The third kappa shape index (κ3) is 3.32. The zero-order valence-corrected chi connectivity index (χ0v) is 11.6. The van der Waals surface area contributed by atoms with Gasteiger partial charge in [-0.1, -0.05) is 0 Å². The number of benzene rings is 1. The van der Waals surface area contributed by atoms with E-state index in [2.05, 4.69) is 10.3 Å². The van der Waals surface area contributed by atoms with Crippen LogP contribution in [0.25, 0.3) is 0 Å². The monoisotopic (exact) mass is 274 g/mol. The lowest BCUT2D eigenvalue weighted by molar-refractivity contribution is 0.0949. The maximum absolute atomic E-state index is 11.8. The maximum Gasteiger partial charge on any atom is 0.267 e. The molecule has 1 aromatic heterocycles. The van der Waals surface area contributed by atoms with Crippen molar-refractivity contribution in [3.05, 3.63) is 47.8 Å². The largest absolute Gasteiger partial charge is 0.497 e. The Kier molecular flexibility index (Phi) is 4.65. The molecule has 5 nitrogen and oxygen atoms in total. The minimum Gasteiger partial charge on any atom is -0.497 e. The summed E-state index contributed by atoms with van der Waals surface area (Å²) in [6.07, 6.45) is 2.40. The molecule has 0 spiro atoms. The number of carbonyl (C=O) groups is 1. The Labute approximate surface area is 117 Å². The minimum absolute atomic E-state index is 0.114. The number of rotatable bonds is 6. The van der Waals surface area contributed by atoms with E-state index in [9.17, 15) is 4.79 Å². The van der Waals surface area contributed by atoms with Gasteiger partial charge in [0.15, 0.2) is 0 Å². The third-order valence-electron chi connectivity index (χ3n) is 3.01. The fourth-order valence-electron chi connectivity index (χ4n) is 1.95. The normalized spacial score (nSPS) is 10.1. The number of hydrogen-bond donors (Lipinski definition) is 2. The molecule has 5 heteroatoms. The van der Waals surface area contributed by atoms with E-state index >= 15 is 0 Å². The van der Waals surface area contributed by atoms with Crippen LogP contribution in [0.15, 0.2) is 36.5 Å². The molecule has 20 heavy (non-hydrogen) atoms. The Balaban J connectivity index is 1.95. The van der Waals surface area contributed by atoms with Crippen molar-refractivity contribution in [1.29, 1.82) is 0 Å². The van der Waals surface area contributed by atoms with Gasteiger partial charge >= 0.3 is 0 Å². The van der Waals surface area contributed by atoms with Crippen LogP contribution in [0.1, 0.15) is 16.1 Å². The Morgan fingerprint density at radius 3 is 2.75 bits per heavy atom. The molecule has 1 aromatic carbocycles. The zero-order valence-electron chi connectivity index (χ0n) is 11.6. The number of aromatic amines is 1. The van der Waals surface area contributed by atoms with Crippen molar-refractivity contribution in [1.82, 2.24) is 10.3 Å². The highest BCUT2D eigenvalue weighted by molar-refractivity contribution is 5.92. The van der Waals surface area contributed by atoms with Gasteiger partial charge in [-0.15, -0.1) is 0 Å². The van der Waals surface area contributed by atoms with Crippen LogP contribution in [-0.2, 0) is 6.42 Å². The molecule has 1 heterocycles. The highest BCUT2D eigenvalue weighted by atomic mass is 16.5. The average Bonchev–Trinajstić information content (AvgIpc) is 3.01. The Morgan fingerprint density at radius 1 is 1.25 bits per heavy atom. The number of aromatic nitrogens is 1. The summed E-state index contributed by atoms with van der Waals surface area (Å²) >= 11 is 0. The van der Waals surface area contributed by atoms with Crippen LogP contribution in [0.5, 0.6) is 11.5 Å². The lowest BCUT2D eigenvalue weighted by Crippen LogP contribution is -2.26. The second kappa shape index (κ2) is 6.65. The SMILES string of the molecule is COc1ccc(OC)c(CCNC(=O)c2ccc[nH]2)c1. The lowest BCUT2D eigenvalue weighted by Gasteiger charge is -2.10. The van der Waals surface area contributed by atoms with Gasteiger partial charge in [-0.05, 0) is 42.3 Å². The molecule has 0 saturated carbocycles. The van der Waals surface area contributed by atoms with Gasteiger partial charge in [0.2, 0.25) is 0 Å². The van der Waals surface area contributed by atoms with Gasteiger partial charge < -0.3 is 19.8 Å². The fraction of sp³-hybridized carbons (Fsp3) is 0.267. The average molecular weight is 274 g/mol. The van der Waals surface area contributed by atoms with E-state index in [1.807, 2.05) is 18.2 Å². The van der Waals surface area contributed by atoms with Gasteiger partial charge in [-0.3, -0.25) is 4.79 Å². The van der Waals surface area contributed by atoms with Crippen molar-refractivity contribution in [2.75, 3.05) is 20.8 Å². The highest BCUT2D eigenvalue weighted by Crippen LogP contribution is 2.24. The van der Waals surface area contributed by atoms with Crippen molar-refractivity contribution in [3.63, 3.8) is 0 Å². The van der Waals surface area contributed by atoms with E-state index in [-0.39, 0.29) is 5.91 Å². The molecule has 0 aliphatic rings. The number of ether oxygens (including phenoxy) is 2. The van der Waals surface area contributed by atoms with E-state index < -0.39 is 0 Å². The summed E-state index contributed by atoms with van der Waals surface area (Å²) in [4.78, 5) is 14.6. The first kappa shape index (κ1) is 14.0. The number of nitrogens with one attached hydrogen (secondary N) is 2. The molecule has 0 bridgehead atoms. The summed E-state index contributed by atoms with van der Waals surface area (Å²) < 4.78 is 10.5. The predicted molar refractivity (Wildman–Crippen MR) is 76.4 cm³/mol. The van der Waals surface area contributed by atoms with E-state index in [4.69, 9.17) is 9.47 Å². The molecule has 1 amide bonds. The van der Waals surface area contributed by atoms with E-state index in [0.29, 0.717) is 18.7 Å². The molecule has 0 fully saturated rings. The lowest BCUT2D eigenvalue weighted by atomic mass is 10.1. The summed E-state index contributed by atoms with van der Waals surface area (Å²) in [6.45, 7) is 0.529. The molecule has 2 aromatic rings. The van der Waals surface area contributed by atoms with Gasteiger partial charge in [0.25, 0.3) is 5.91 Å². The quantitative estimate of drug-likeness (QED) is 0.847. The van der Waals surface area contributed by atoms with Gasteiger partial charge in [0, 0.05) is 12.7 Å². The Hall–Kier alpha value is -2.43. The first-order valence-corrected chi connectivity index (χ1v) is 6.37. The molecular formula is C15H18N2O3. The standard InChI is InChI=1S/C15H18N2O3/c1-19-12-5-6-14(20-2)11(10-12)7-9-17-15(18)13-4-3-8-16-13/h3-6,8,10,16H,7,9H2,1-2H3,(H,17,18). The molecule has 2 rings (SSSR count). The van der Waals surface area contributed by atoms with E-state index in [0.717, 1.165) is 17.1 Å². The zero-order chi connectivity index (χ0) is 14.4. The minimum atomic E-state index is -0.114. The van der Waals surface area contributed by atoms with Gasteiger partial charge in [0.05, 0.1) is 14.2 Å². The molecular weight excluding hydrogens is 256 g/mol. The number of methoxy groups -OCH3 is 2. The van der Waals surface area contributed by atoms with Crippen molar-refractivity contribution < 1.29 is 14.3 Å². The summed E-state index contributed by atoms with van der Waals surface area (Å²) in [5.74, 6) is 1.45. The van der Waals surface area contributed by atoms with Crippen molar-refractivity contribution in [2.45, 2.75) is 6.42 Å². The first-order valence-electron chi connectivity index (χ1n) is 6.37. The molecule has 0 radical (unpaired) electrons. The molecule has 0 aliphatic heterocycles. The van der Waals surface area contributed by atoms with Gasteiger partial charge in [-0.2, -0.15) is 0 Å². The predicted octanol–water partition coefficient (Wildman–Crippen LogP) is 2.00. The summed E-state index contributed by atoms with van der Waals surface area (Å²) in [6, 6.07) is 9.15. The number of amides is 1. The van der Waals surface area contributed by atoms with E-state index in [1.54, 1.807) is 32.5 Å². The van der Waals surface area contributed by atoms with Crippen LogP contribution in [0, 0.1) is 0 Å². The topological polar surface area (TPSA) is 63.4 Å². The third-order valence-corrected chi connectivity index (χ3v) is 3.01. The molecule has 106 valence electrons. The van der Waals surface area contributed by atoms with Crippen LogP contribution in [0.2, 0.25) is 0 Å². The second-order valence-corrected chi connectivity index (χ2v) is 4.27.